The highest BCUT2D eigenvalue weighted by molar-refractivity contribution is 5.00. The zero-order valence-electron chi connectivity index (χ0n) is 11.0. The van der Waals surface area contributed by atoms with Gasteiger partial charge in [0, 0.05) is 24.2 Å². The molecule has 6 heteroatoms. The van der Waals surface area contributed by atoms with Gasteiger partial charge in [-0.2, -0.15) is 5.10 Å². The third-order valence-corrected chi connectivity index (χ3v) is 3.32. The predicted molar refractivity (Wildman–Crippen MR) is 65.8 cm³/mol. The van der Waals surface area contributed by atoms with E-state index in [0.717, 1.165) is 5.56 Å². The average Bonchev–Trinajstić information content (AvgIpc) is 2.79. The van der Waals surface area contributed by atoms with Crippen LogP contribution in [0.4, 0.5) is 0 Å². The topological polar surface area (TPSA) is 70.6 Å². The average molecular weight is 255 g/mol. The summed E-state index contributed by atoms with van der Waals surface area (Å²) >= 11 is 0. The molecule has 1 fully saturated rings. The summed E-state index contributed by atoms with van der Waals surface area (Å²) in [7, 11) is 3.98. The first-order valence-electron chi connectivity index (χ1n) is 6.17. The van der Waals surface area contributed by atoms with Crippen LogP contribution in [0.1, 0.15) is 18.9 Å². The number of aromatic nitrogens is 2. The number of aliphatic hydroxyl groups excluding tert-OH is 1. The molecule has 0 saturated carbocycles. The first-order chi connectivity index (χ1) is 8.58. The summed E-state index contributed by atoms with van der Waals surface area (Å²) < 4.78 is 11.4. The molecule has 6 nitrogen and oxygen atoms in total. The third kappa shape index (κ3) is 3.08. The van der Waals surface area contributed by atoms with Crippen LogP contribution in [-0.2, 0) is 16.1 Å². The van der Waals surface area contributed by atoms with Crippen LogP contribution in [-0.4, -0.2) is 58.8 Å². The van der Waals surface area contributed by atoms with E-state index in [4.69, 9.17) is 9.47 Å². The first-order valence-corrected chi connectivity index (χ1v) is 6.17. The van der Waals surface area contributed by atoms with E-state index in [2.05, 4.69) is 15.1 Å². The Kier molecular flexibility index (Phi) is 4.34. The minimum atomic E-state index is -0.707. The highest BCUT2D eigenvalue weighted by atomic mass is 16.6. The van der Waals surface area contributed by atoms with Crippen LogP contribution in [0, 0.1) is 0 Å². The molecule has 1 aromatic rings. The van der Waals surface area contributed by atoms with E-state index in [1.54, 1.807) is 6.20 Å². The Bertz CT molecular complexity index is 355. The van der Waals surface area contributed by atoms with Crippen molar-refractivity contribution >= 4 is 0 Å². The number of H-pyrrole nitrogens is 1. The molecule has 0 unspecified atom stereocenters. The Balaban J connectivity index is 1.98. The van der Waals surface area contributed by atoms with Crippen LogP contribution in [0.25, 0.3) is 0 Å². The molecule has 1 aliphatic rings. The number of aliphatic hydroxyl groups is 1. The van der Waals surface area contributed by atoms with Crippen molar-refractivity contribution in [3.8, 4) is 0 Å². The fraction of sp³-hybridized carbons (Fsp3) is 0.750. The van der Waals surface area contributed by atoms with Gasteiger partial charge in [-0.15, -0.1) is 0 Å². The zero-order valence-corrected chi connectivity index (χ0v) is 11.0. The van der Waals surface area contributed by atoms with E-state index in [9.17, 15) is 5.11 Å². The number of rotatable bonds is 4. The van der Waals surface area contributed by atoms with Gasteiger partial charge in [0.15, 0.2) is 6.29 Å². The van der Waals surface area contributed by atoms with Gasteiger partial charge >= 0.3 is 0 Å². The fourth-order valence-electron chi connectivity index (χ4n) is 2.33. The maximum absolute atomic E-state index is 9.65. The maximum Gasteiger partial charge on any atom is 0.156 e. The van der Waals surface area contributed by atoms with E-state index < -0.39 is 6.29 Å². The molecule has 1 aromatic heterocycles. The van der Waals surface area contributed by atoms with E-state index in [-0.39, 0.29) is 18.2 Å². The Morgan fingerprint density at radius 2 is 2.39 bits per heavy atom. The van der Waals surface area contributed by atoms with E-state index in [1.807, 2.05) is 27.2 Å². The molecule has 2 N–H and O–H groups in total. The van der Waals surface area contributed by atoms with Gasteiger partial charge in [-0.3, -0.25) is 5.10 Å². The first kappa shape index (κ1) is 13.5. The molecule has 0 aromatic carbocycles. The molecule has 2 rings (SSSR count). The van der Waals surface area contributed by atoms with Crippen LogP contribution in [0.15, 0.2) is 12.4 Å². The molecule has 0 radical (unpaired) electrons. The number of nitrogens with one attached hydrogen (secondary N) is 1. The normalized spacial score (nSPS) is 32.9. The lowest BCUT2D eigenvalue weighted by Crippen LogP contribution is -2.53. The Morgan fingerprint density at radius 3 is 3.00 bits per heavy atom. The van der Waals surface area contributed by atoms with Crippen molar-refractivity contribution in [2.45, 2.75) is 44.5 Å². The van der Waals surface area contributed by atoms with Gasteiger partial charge in [-0.1, -0.05) is 0 Å². The van der Waals surface area contributed by atoms with Gasteiger partial charge in [-0.25, -0.2) is 0 Å². The molecule has 0 aliphatic carbocycles. The van der Waals surface area contributed by atoms with Crippen LogP contribution in [0.5, 0.6) is 0 Å². The van der Waals surface area contributed by atoms with Gasteiger partial charge in [-0.05, 0) is 21.0 Å². The fourth-order valence-corrected chi connectivity index (χ4v) is 2.33. The number of hydrogen-bond donors (Lipinski definition) is 2. The second kappa shape index (κ2) is 5.79. The molecular weight excluding hydrogens is 234 g/mol. The second-order valence-corrected chi connectivity index (χ2v) is 4.94. The summed E-state index contributed by atoms with van der Waals surface area (Å²) in [6.45, 7) is 2.42. The van der Waals surface area contributed by atoms with Gasteiger partial charge in [0.2, 0.25) is 0 Å². The van der Waals surface area contributed by atoms with Crippen molar-refractivity contribution in [3.63, 3.8) is 0 Å². The van der Waals surface area contributed by atoms with Gasteiger partial charge < -0.3 is 19.5 Å². The lowest BCUT2D eigenvalue weighted by molar-refractivity contribution is -0.226. The summed E-state index contributed by atoms with van der Waals surface area (Å²) in [6.07, 6.45) is 3.22. The van der Waals surface area contributed by atoms with Gasteiger partial charge in [0.05, 0.1) is 25.0 Å². The molecule has 0 bridgehead atoms. The Hall–Kier alpha value is -0.950. The summed E-state index contributed by atoms with van der Waals surface area (Å²) in [6, 6.07) is 0.149. The van der Waals surface area contributed by atoms with Crippen molar-refractivity contribution in [2.24, 2.45) is 0 Å². The van der Waals surface area contributed by atoms with Crippen LogP contribution >= 0.6 is 0 Å². The second-order valence-electron chi connectivity index (χ2n) is 4.94. The predicted octanol–water partition coefficient (Wildman–Crippen LogP) is 0.352. The standard InChI is InChI=1S/C12H21N3O3/c1-8-12(17-7-9-5-13-14-6-9)10(15(2)3)4-11(16)18-8/h5-6,8,10-12,16H,4,7H2,1-3H3,(H,13,14)/t8-,10-,11-,12-/m1/s1. The molecule has 0 amide bonds. The number of likely N-dealkylation sites (N-methyl/N-ethyl adjacent to an activating group) is 1. The number of ether oxygens (including phenoxy) is 2. The quantitative estimate of drug-likeness (QED) is 0.812. The minimum Gasteiger partial charge on any atom is -0.369 e. The monoisotopic (exact) mass is 255 g/mol. The van der Waals surface area contributed by atoms with Gasteiger partial charge in [0.25, 0.3) is 0 Å². The number of hydrogen-bond acceptors (Lipinski definition) is 5. The van der Waals surface area contributed by atoms with Crippen molar-refractivity contribution in [2.75, 3.05) is 14.1 Å². The Labute approximate surface area is 107 Å². The van der Waals surface area contributed by atoms with Crippen LogP contribution < -0.4 is 0 Å². The molecule has 102 valence electrons. The summed E-state index contributed by atoms with van der Waals surface area (Å²) in [4.78, 5) is 2.07. The minimum absolute atomic E-state index is 0.0571. The zero-order chi connectivity index (χ0) is 13.1. The smallest absolute Gasteiger partial charge is 0.156 e. The van der Waals surface area contributed by atoms with Gasteiger partial charge in [0.1, 0.15) is 0 Å². The molecule has 1 aliphatic heterocycles. The highest BCUT2D eigenvalue weighted by Crippen LogP contribution is 2.25. The third-order valence-electron chi connectivity index (χ3n) is 3.32. The van der Waals surface area contributed by atoms with E-state index >= 15 is 0 Å². The van der Waals surface area contributed by atoms with E-state index in [0.29, 0.717) is 13.0 Å². The summed E-state index contributed by atoms with van der Waals surface area (Å²) in [5.74, 6) is 0. The highest BCUT2D eigenvalue weighted by Gasteiger charge is 2.37. The van der Waals surface area contributed by atoms with Crippen LogP contribution in [0.3, 0.4) is 0 Å². The molecule has 1 saturated heterocycles. The van der Waals surface area contributed by atoms with Crippen molar-refractivity contribution in [1.82, 2.24) is 15.1 Å². The molecule has 4 atom stereocenters. The lowest BCUT2D eigenvalue weighted by Gasteiger charge is -2.41. The Morgan fingerprint density at radius 1 is 1.61 bits per heavy atom. The maximum atomic E-state index is 9.65. The molecule has 18 heavy (non-hydrogen) atoms. The van der Waals surface area contributed by atoms with Crippen molar-refractivity contribution in [1.29, 1.82) is 0 Å². The molecular formula is C12H21N3O3. The lowest BCUT2D eigenvalue weighted by atomic mass is 9.98. The van der Waals surface area contributed by atoms with Crippen LogP contribution in [0.2, 0.25) is 0 Å². The van der Waals surface area contributed by atoms with Crippen molar-refractivity contribution in [3.05, 3.63) is 18.0 Å². The van der Waals surface area contributed by atoms with Crippen molar-refractivity contribution < 1.29 is 14.6 Å². The molecule has 2 heterocycles. The summed E-state index contributed by atoms with van der Waals surface area (Å²) in [5.41, 5.74) is 1.01. The summed E-state index contributed by atoms with van der Waals surface area (Å²) in [5, 5.41) is 16.3. The molecule has 0 spiro atoms. The van der Waals surface area contributed by atoms with E-state index in [1.165, 1.54) is 0 Å². The number of aromatic amines is 1. The number of nitrogens with zero attached hydrogens (tertiary/aromatic N) is 2. The largest absolute Gasteiger partial charge is 0.369 e. The SMILES string of the molecule is C[C@H]1O[C@@H](O)C[C@@H](N(C)C)[C@@H]1OCc1cn[nH]c1.